The first kappa shape index (κ1) is 15.5. The van der Waals surface area contributed by atoms with Crippen LogP contribution in [0.3, 0.4) is 0 Å². The highest BCUT2D eigenvalue weighted by atomic mass is 35.5. The van der Waals surface area contributed by atoms with E-state index < -0.39 is 15.6 Å². The number of benzene rings is 1. The summed E-state index contributed by atoms with van der Waals surface area (Å²) in [6, 6.07) is 9.84. The Morgan fingerprint density at radius 3 is 2.22 bits per heavy atom. The highest BCUT2D eigenvalue weighted by Gasteiger charge is 2.30. The molecule has 0 amide bonds. The van der Waals surface area contributed by atoms with Gasteiger partial charge in [0, 0.05) is 5.54 Å². The van der Waals surface area contributed by atoms with Gasteiger partial charge >= 0.3 is 0 Å². The molecular weight excluding hydrogens is 270 g/mol. The molecule has 1 aromatic rings. The molecule has 1 rings (SSSR count). The van der Waals surface area contributed by atoms with Gasteiger partial charge in [0.1, 0.15) is 0 Å². The van der Waals surface area contributed by atoms with Crippen molar-refractivity contribution in [2.24, 2.45) is 0 Å². The van der Waals surface area contributed by atoms with Crippen molar-refractivity contribution in [3.8, 4) is 0 Å². The second-order valence-corrected chi connectivity index (χ2v) is 7.77. The third-order valence-electron chi connectivity index (χ3n) is 2.48. The first-order valence-electron chi connectivity index (χ1n) is 5.96. The molecule has 0 radical (unpaired) electrons. The molecule has 0 N–H and O–H groups in total. The van der Waals surface area contributed by atoms with Gasteiger partial charge in [0.05, 0.1) is 5.75 Å². The lowest BCUT2D eigenvalue weighted by Crippen LogP contribution is -2.39. The fourth-order valence-electron chi connectivity index (χ4n) is 1.60. The summed E-state index contributed by atoms with van der Waals surface area (Å²) in [5.74, 6) is 0.0721. The normalized spacial score (nSPS) is 12.9. The summed E-state index contributed by atoms with van der Waals surface area (Å²) in [6.07, 6.45) is 1.32. The van der Waals surface area contributed by atoms with Crippen LogP contribution in [-0.2, 0) is 16.4 Å². The number of sulfonamides is 1. The molecule has 1 aromatic carbocycles. The maximum atomic E-state index is 12.0. The van der Waals surface area contributed by atoms with Crippen molar-refractivity contribution >= 4 is 21.8 Å². The van der Waals surface area contributed by atoms with Crippen molar-refractivity contribution in [3.05, 3.63) is 35.9 Å². The van der Waals surface area contributed by atoms with Crippen LogP contribution in [0.2, 0.25) is 0 Å². The molecule has 0 aliphatic rings. The van der Waals surface area contributed by atoms with Crippen LogP contribution >= 0.6 is 11.8 Å². The van der Waals surface area contributed by atoms with Crippen LogP contribution in [0.15, 0.2) is 30.3 Å². The lowest BCUT2D eigenvalue weighted by Gasteiger charge is -2.27. The third-order valence-corrected chi connectivity index (χ3v) is 5.46. The minimum atomic E-state index is -3.39. The predicted molar refractivity (Wildman–Crippen MR) is 76.0 cm³/mol. The molecule has 0 fully saturated rings. The van der Waals surface area contributed by atoms with Gasteiger partial charge < -0.3 is 0 Å². The van der Waals surface area contributed by atoms with E-state index in [1.165, 1.54) is 0 Å². The van der Waals surface area contributed by atoms with Gasteiger partial charge in [0.25, 0.3) is 0 Å². The Morgan fingerprint density at radius 1 is 1.17 bits per heavy atom. The molecular formula is C13H20ClNO2S. The standard InChI is InChI=1S/C13H20ClNO2S/c1-13(2,3)15(14)18(16,17)11-7-10-12-8-5-4-6-9-12/h4-6,8-9H,7,10-11H2,1-3H3. The maximum absolute atomic E-state index is 12.0. The topological polar surface area (TPSA) is 37.4 Å². The number of rotatable bonds is 5. The molecule has 0 atom stereocenters. The Bertz CT molecular complexity index is 466. The lowest BCUT2D eigenvalue weighted by atomic mass is 10.1. The van der Waals surface area contributed by atoms with E-state index in [1.54, 1.807) is 20.8 Å². The van der Waals surface area contributed by atoms with Crippen LogP contribution in [0.25, 0.3) is 0 Å². The van der Waals surface area contributed by atoms with Gasteiger partial charge in [-0.05, 0) is 51.0 Å². The van der Waals surface area contributed by atoms with Crippen LogP contribution in [0.4, 0.5) is 0 Å². The fraction of sp³-hybridized carbons (Fsp3) is 0.538. The monoisotopic (exact) mass is 289 g/mol. The summed E-state index contributed by atoms with van der Waals surface area (Å²) < 4.78 is 24.9. The van der Waals surface area contributed by atoms with E-state index >= 15 is 0 Å². The number of aryl methyl sites for hydroxylation is 1. The third kappa shape index (κ3) is 4.59. The molecule has 0 aliphatic carbocycles. The van der Waals surface area contributed by atoms with Crippen molar-refractivity contribution in [3.63, 3.8) is 0 Å². The van der Waals surface area contributed by atoms with E-state index in [-0.39, 0.29) is 5.75 Å². The van der Waals surface area contributed by atoms with Crippen LogP contribution in [-0.4, -0.2) is 23.5 Å². The second-order valence-electron chi connectivity index (χ2n) is 5.29. The fourth-order valence-corrected chi connectivity index (χ4v) is 3.31. The number of hydrogen-bond acceptors (Lipinski definition) is 2. The average Bonchev–Trinajstić information content (AvgIpc) is 2.28. The maximum Gasteiger partial charge on any atom is 0.227 e. The van der Waals surface area contributed by atoms with Crippen LogP contribution in [0.5, 0.6) is 0 Å². The molecule has 0 bridgehead atoms. The van der Waals surface area contributed by atoms with E-state index in [0.717, 1.165) is 15.8 Å². The molecule has 0 aromatic heterocycles. The van der Waals surface area contributed by atoms with E-state index in [9.17, 15) is 8.42 Å². The van der Waals surface area contributed by atoms with Crippen LogP contribution < -0.4 is 0 Å². The van der Waals surface area contributed by atoms with Gasteiger partial charge in [0.2, 0.25) is 10.0 Å². The van der Waals surface area contributed by atoms with Crippen LogP contribution in [0, 0.1) is 0 Å². The summed E-state index contributed by atoms with van der Waals surface area (Å²) in [5, 5.41) is 0. The molecule has 0 aliphatic heterocycles. The SMILES string of the molecule is CC(C)(C)N(Cl)S(=O)(=O)CCCc1ccccc1. The minimum Gasteiger partial charge on any atom is -0.211 e. The Kier molecular flexibility index (Phi) is 5.20. The molecule has 0 heterocycles. The highest BCUT2D eigenvalue weighted by molar-refractivity contribution is 7.90. The molecule has 5 heteroatoms. The predicted octanol–water partition coefficient (Wildman–Crippen LogP) is 3.20. The van der Waals surface area contributed by atoms with Crippen molar-refractivity contribution in [2.75, 3.05) is 5.75 Å². The van der Waals surface area contributed by atoms with Gasteiger partial charge in [-0.1, -0.05) is 30.3 Å². The van der Waals surface area contributed by atoms with E-state index in [0.29, 0.717) is 6.42 Å². The Balaban J connectivity index is 2.53. The summed E-state index contributed by atoms with van der Waals surface area (Å²) in [7, 11) is -3.39. The summed E-state index contributed by atoms with van der Waals surface area (Å²) >= 11 is 5.88. The van der Waals surface area contributed by atoms with Gasteiger partial charge in [-0.3, -0.25) is 0 Å². The first-order chi connectivity index (χ1) is 8.23. The molecule has 3 nitrogen and oxygen atoms in total. The molecule has 0 saturated carbocycles. The molecule has 0 unspecified atom stereocenters. The zero-order valence-corrected chi connectivity index (χ0v) is 12.6. The number of nitrogens with zero attached hydrogens (tertiary/aromatic N) is 1. The summed E-state index contributed by atoms with van der Waals surface area (Å²) in [6.45, 7) is 5.32. The van der Waals surface area contributed by atoms with E-state index in [2.05, 4.69) is 0 Å². The van der Waals surface area contributed by atoms with Gasteiger partial charge in [-0.15, -0.1) is 3.82 Å². The minimum absolute atomic E-state index is 0.0721. The quantitative estimate of drug-likeness (QED) is 0.781. The molecule has 0 spiro atoms. The summed E-state index contributed by atoms with van der Waals surface area (Å²) in [4.78, 5) is 0. The molecule has 0 saturated heterocycles. The zero-order chi connectivity index (χ0) is 13.8. The molecule has 102 valence electrons. The van der Waals surface area contributed by atoms with Gasteiger partial charge in [-0.25, -0.2) is 8.42 Å². The second kappa shape index (κ2) is 6.04. The average molecular weight is 290 g/mol. The lowest BCUT2D eigenvalue weighted by molar-refractivity contribution is 0.368. The number of hydrogen-bond donors (Lipinski definition) is 0. The zero-order valence-electron chi connectivity index (χ0n) is 11.1. The Labute approximate surface area is 115 Å². The van der Waals surface area contributed by atoms with Crippen molar-refractivity contribution in [1.82, 2.24) is 3.82 Å². The van der Waals surface area contributed by atoms with Crippen molar-refractivity contribution in [1.29, 1.82) is 0 Å². The smallest absolute Gasteiger partial charge is 0.211 e. The van der Waals surface area contributed by atoms with Crippen molar-refractivity contribution < 1.29 is 8.42 Å². The first-order valence-corrected chi connectivity index (χ1v) is 7.91. The van der Waals surface area contributed by atoms with E-state index in [4.69, 9.17) is 11.8 Å². The van der Waals surface area contributed by atoms with Gasteiger partial charge in [-0.2, -0.15) is 0 Å². The summed E-state index contributed by atoms with van der Waals surface area (Å²) in [5.41, 5.74) is 0.553. The molecule has 18 heavy (non-hydrogen) atoms. The highest BCUT2D eigenvalue weighted by Crippen LogP contribution is 2.21. The van der Waals surface area contributed by atoms with E-state index in [1.807, 2.05) is 30.3 Å². The van der Waals surface area contributed by atoms with Crippen molar-refractivity contribution in [2.45, 2.75) is 39.2 Å². The Morgan fingerprint density at radius 2 is 1.72 bits per heavy atom. The Hall–Kier alpha value is -0.580. The largest absolute Gasteiger partial charge is 0.227 e. The van der Waals surface area contributed by atoms with Gasteiger partial charge in [0.15, 0.2) is 0 Å². The number of halogens is 1. The van der Waals surface area contributed by atoms with Crippen LogP contribution in [0.1, 0.15) is 32.8 Å².